The standard InChI is InChI=1S/C10H12F9IO/c11-7(9(14,15)16,8(12,13)10(17,18)19)5-6(20)3-1-2-4-21/h6,21H,1-5H2. The lowest BCUT2D eigenvalue weighted by Crippen LogP contribution is -2.62. The van der Waals surface area contributed by atoms with E-state index < -0.39 is 34.3 Å². The van der Waals surface area contributed by atoms with Crippen LogP contribution in [0.5, 0.6) is 0 Å². The summed E-state index contributed by atoms with van der Waals surface area (Å²) in [5.41, 5.74) is -5.69. The fourth-order valence-electron chi connectivity index (χ4n) is 1.53. The van der Waals surface area contributed by atoms with Crippen LogP contribution in [0.2, 0.25) is 0 Å². The van der Waals surface area contributed by atoms with E-state index in [0.29, 0.717) is 0 Å². The van der Waals surface area contributed by atoms with Crippen molar-refractivity contribution >= 4 is 22.6 Å². The van der Waals surface area contributed by atoms with E-state index in [9.17, 15) is 39.5 Å². The predicted molar refractivity (Wildman–Crippen MR) is 64.3 cm³/mol. The molecule has 0 aliphatic rings. The van der Waals surface area contributed by atoms with Crippen molar-refractivity contribution in [3.05, 3.63) is 0 Å². The SMILES string of the molecule is OCCCCC(I)CC(F)(C(F)(F)F)C(F)(F)C(F)(F)F. The molecule has 0 aliphatic carbocycles. The quantitative estimate of drug-likeness (QED) is 0.258. The first kappa shape index (κ1) is 21.1. The van der Waals surface area contributed by atoms with E-state index in [1.165, 1.54) is 22.6 Å². The largest absolute Gasteiger partial charge is 0.457 e. The lowest BCUT2D eigenvalue weighted by Gasteiger charge is -2.37. The van der Waals surface area contributed by atoms with Crippen molar-refractivity contribution in [3.8, 4) is 0 Å². The second kappa shape index (κ2) is 7.09. The van der Waals surface area contributed by atoms with Gasteiger partial charge in [0, 0.05) is 17.0 Å². The van der Waals surface area contributed by atoms with Crippen LogP contribution in [0, 0.1) is 0 Å². The molecular formula is C10H12F9IO. The van der Waals surface area contributed by atoms with Gasteiger partial charge in [0.05, 0.1) is 0 Å². The van der Waals surface area contributed by atoms with Crippen LogP contribution in [0.15, 0.2) is 0 Å². The highest BCUT2D eigenvalue weighted by Gasteiger charge is 2.80. The summed E-state index contributed by atoms with van der Waals surface area (Å²) in [6.07, 6.45) is -15.1. The summed E-state index contributed by atoms with van der Waals surface area (Å²) < 4.78 is 112. The molecule has 0 radical (unpaired) electrons. The number of aliphatic hydroxyl groups is 1. The van der Waals surface area contributed by atoms with Crippen molar-refractivity contribution in [2.45, 2.75) is 53.6 Å². The van der Waals surface area contributed by atoms with Gasteiger partial charge in [-0.05, 0) is 12.8 Å². The summed E-state index contributed by atoms with van der Waals surface area (Å²) in [4.78, 5) is 0. The summed E-state index contributed by atoms with van der Waals surface area (Å²) >= 11 is 1.19. The molecule has 0 aromatic rings. The molecule has 128 valence electrons. The average molecular weight is 446 g/mol. The number of rotatable bonds is 7. The van der Waals surface area contributed by atoms with Gasteiger partial charge in [0.2, 0.25) is 0 Å². The van der Waals surface area contributed by atoms with E-state index in [1.807, 2.05) is 0 Å². The highest BCUT2D eigenvalue weighted by atomic mass is 127. The van der Waals surface area contributed by atoms with Crippen LogP contribution in [0.3, 0.4) is 0 Å². The zero-order valence-corrected chi connectivity index (χ0v) is 12.5. The van der Waals surface area contributed by atoms with Crippen molar-refractivity contribution in [2.24, 2.45) is 0 Å². The van der Waals surface area contributed by atoms with Crippen molar-refractivity contribution in [1.82, 2.24) is 0 Å². The smallest absolute Gasteiger partial charge is 0.396 e. The third-order valence-electron chi connectivity index (χ3n) is 2.73. The van der Waals surface area contributed by atoms with Crippen LogP contribution in [0.1, 0.15) is 25.7 Å². The van der Waals surface area contributed by atoms with Gasteiger partial charge in [0.25, 0.3) is 5.67 Å². The summed E-state index contributed by atoms with van der Waals surface area (Å²) in [6.45, 7) is -0.317. The monoisotopic (exact) mass is 446 g/mol. The van der Waals surface area contributed by atoms with Gasteiger partial charge in [-0.3, -0.25) is 0 Å². The number of unbranched alkanes of at least 4 members (excludes halogenated alkanes) is 1. The zero-order chi connectivity index (χ0) is 17.1. The summed E-state index contributed by atoms with van der Waals surface area (Å²) in [5.74, 6) is -6.54. The Morgan fingerprint density at radius 2 is 1.29 bits per heavy atom. The van der Waals surface area contributed by atoms with E-state index >= 15 is 0 Å². The summed E-state index contributed by atoms with van der Waals surface area (Å²) in [7, 11) is 0. The molecule has 2 unspecified atom stereocenters. The van der Waals surface area contributed by atoms with Crippen molar-refractivity contribution in [1.29, 1.82) is 0 Å². The number of aliphatic hydroxyl groups excluding tert-OH is 1. The first-order valence-corrected chi connectivity index (χ1v) is 6.90. The molecule has 0 heterocycles. The lowest BCUT2D eigenvalue weighted by molar-refractivity contribution is -0.384. The van der Waals surface area contributed by atoms with Gasteiger partial charge >= 0.3 is 18.3 Å². The van der Waals surface area contributed by atoms with Gasteiger partial charge in [-0.2, -0.15) is 35.1 Å². The molecular weight excluding hydrogens is 434 g/mol. The number of halogens is 10. The average Bonchev–Trinajstić information content (AvgIpc) is 2.25. The highest BCUT2D eigenvalue weighted by molar-refractivity contribution is 14.1. The fraction of sp³-hybridized carbons (Fsp3) is 1.00. The molecule has 0 aromatic carbocycles. The molecule has 0 aliphatic heterocycles. The first-order valence-electron chi connectivity index (χ1n) is 5.66. The van der Waals surface area contributed by atoms with Crippen LogP contribution in [0.25, 0.3) is 0 Å². The second-order valence-corrected chi connectivity index (χ2v) is 6.15. The molecule has 0 fully saturated rings. The molecule has 1 nitrogen and oxygen atoms in total. The predicted octanol–water partition coefficient (Wildman–Crippen LogP) is 4.81. The molecule has 0 amide bonds. The van der Waals surface area contributed by atoms with E-state index in [1.54, 1.807) is 0 Å². The first-order chi connectivity index (χ1) is 9.20. The molecule has 0 aromatic heterocycles. The van der Waals surface area contributed by atoms with Crippen molar-refractivity contribution in [3.63, 3.8) is 0 Å². The Bertz CT molecular complexity index is 327. The van der Waals surface area contributed by atoms with Crippen LogP contribution in [0.4, 0.5) is 39.5 Å². The Morgan fingerprint density at radius 3 is 1.62 bits per heavy atom. The highest BCUT2D eigenvalue weighted by Crippen LogP contribution is 2.55. The van der Waals surface area contributed by atoms with Crippen LogP contribution >= 0.6 is 22.6 Å². The Labute approximate surface area is 128 Å². The maximum absolute atomic E-state index is 13.7. The summed E-state index contributed by atoms with van der Waals surface area (Å²) in [6, 6.07) is 0. The third-order valence-corrected chi connectivity index (χ3v) is 3.79. The molecule has 2 atom stereocenters. The molecule has 0 spiro atoms. The number of alkyl halides is 10. The van der Waals surface area contributed by atoms with Gasteiger partial charge in [0.1, 0.15) is 0 Å². The number of hydrogen-bond donors (Lipinski definition) is 1. The molecule has 21 heavy (non-hydrogen) atoms. The van der Waals surface area contributed by atoms with Gasteiger partial charge in [-0.15, -0.1) is 0 Å². The minimum atomic E-state index is -6.65. The molecule has 1 N–H and O–H groups in total. The lowest BCUT2D eigenvalue weighted by atomic mass is 9.89. The van der Waals surface area contributed by atoms with Crippen LogP contribution in [-0.4, -0.2) is 39.6 Å². The van der Waals surface area contributed by atoms with E-state index in [0.717, 1.165) is 0 Å². The molecule has 11 heteroatoms. The maximum Gasteiger partial charge on any atom is 0.457 e. The van der Waals surface area contributed by atoms with E-state index in [4.69, 9.17) is 5.11 Å². The fourth-order valence-corrected chi connectivity index (χ4v) is 2.58. The van der Waals surface area contributed by atoms with Gasteiger partial charge in [0.15, 0.2) is 0 Å². The molecule has 0 saturated carbocycles. The third kappa shape index (κ3) is 4.76. The Morgan fingerprint density at radius 1 is 0.810 bits per heavy atom. The Balaban J connectivity index is 5.31. The molecule has 0 rings (SSSR count). The second-order valence-electron chi connectivity index (χ2n) is 4.39. The van der Waals surface area contributed by atoms with E-state index in [-0.39, 0.29) is 25.9 Å². The van der Waals surface area contributed by atoms with Crippen molar-refractivity contribution < 1.29 is 44.6 Å². The van der Waals surface area contributed by atoms with Crippen molar-refractivity contribution in [2.75, 3.05) is 6.61 Å². The topological polar surface area (TPSA) is 20.2 Å². The normalized spacial score (nSPS) is 18.4. The number of hydrogen-bond acceptors (Lipinski definition) is 1. The van der Waals surface area contributed by atoms with Gasteiger partial charge < -0.3 is 5.11 Å². The van der Waals surface area contributed by atoms with Gasteiger partial charge in [-0.25, -0.2) is 4.39 Å². The maximum atomic E-state index is 13.7. The minimum Gasteiger partial charge on any atom is -0.396 e. The summed E-state index contributed by atoms with van der Waals surface area (Å²) in [5, 5.41) is 8.45. The van der Waals surface area contributed by atoms with Crippen LogP contribution in [-0.2, 0) is 0 Å². The zero-order valence-electron chi connectivity index (χ0n) is 10.3. The molecule has 0 saturated heterocycles. The Kier molecular flexibility index (Phi) is 7.11. The minimum absolute atomic E-state index is 0.0790. The molecule has 0 bridgehead atoms. The van der Waals surface area contributed by atoms with Crippen LogP contribution < -0.4 is 0 Å². The van der Waals surface area contributed by atoms with Gasteiger partial charge in [-0.1, -0.05) is 29.0 Å². The van der Waals surface area contributed by atoms with E-state index in [2.05, 4.69) is 0 Å². The Hall–Kier alpha value is 0.0600.